The molecule has 1 amide bonds. The summed E-state index contributed by atoms with van der Waals surface area (Å²) in [5.41, 5.74) is 2.13. The van der Waals surface area contributed by atoms with Crippen molar-refractivity contribution in [3.05, 3.63) is 56.9 Å². The first-order valence-electron chi connectivity index (χ1n) is 8.41. The van der Waals surface area contributed by atoms with Crippen LogP contribution in [-0.4, -0.2) is 37.8 Å². The third-order valence-corrected chi connectivity index (χ3v) is 4.86. The van der Waals surface area contributed by atoms with Gasteiger partial charge in [-0.15, -0.1) is 5.10 Å². The van der Waals surface area contributed by atoms with Crippen LogP contribution in [0.3, 0.4) is 0 Å². The maximum Gasteiger partial charge on any atom is 0.293 e. The maximum atomic E-state index is 12.8. The van der Waals surface area contributed by atoms with E-state index in [2.05, 4.69) is 15.2 Å². The molecule has 0 aliphatic carbocycles. The van der Waals surface area contributed by atoms with Crippen LogP contribution in [0.1, 0.15) is 40.4 Å². The summed E-state index contributed by atoms with van der Waals surface area (Å²) in [5.74, 6) is 1.05. The molecule has 0 radical (unpaired) electrons. The van der Waals surface area contributed by atoms with Gasteiger partial charge in [-0.2, -0.15) is 0 Å². The third kappa shape index (κ3) is 3.70. The van der Waals surface area contributed by atoms with Gasteiger partial charge in [-0.3, -0.25) is 4.79 Å². The molecule has 7 nitrogen and oxygen atoms in total. The van der Waals surface area contributed by atoms with Gasteiger partial charge < -0.3 is 9.42 Å². The van der Waals surface area contributed by atoms with Crippen molar-refractivity contribution < 1.29 is 9.32 Å². The van der Waals surface area contributed by atoms with Crippen molar-refractivity contribution in [1.82, 2.24) is 24.8 Å². The molecule has 3 rings (SSSR count). The quantitative estimate of drug-likeness (QED) is 0.638. The molecule has 0 fully saturated rings. The standard InChI is InChI=1S/C18H19Cl2N5O2/c1-5-15-21-17(22-25(15)16-13(19)7-6-8-14(16)20)18(26)24(4)9-12-10(2)23-27-11(12)3/h6-8H,5,9H2,1-4H3. The Labute approximate surface area is 166 Å². The minimum absolute atomic E-state index is 0.0806. The first-order valence-corrected chi connectivity index (χ1v) is 9.16. The van der Waals surface area contributed by atoms with Crippen LogP contribution in [0, 0.1) is 13.8 Å². The molecule has 0 unspecified atom stereocenters. The fourth-order valence-electron chi connectivity index (χ4n) is 2.74. The molecule has 2 aromatic heterocycles. The summed E-state index contributed by atoms with van der Waals surface area (Å²) in [6.07, 6.45) is 0.565. The van der Waals surface area contributed by atoms with Crippen molar-refractivity contribution >= 4 is 29.1 Å². The largest absolute Gasteiger partial charge is 0.361 e. The summed E-state index contributed by atoms with van der Waals surface area (Å²) in [7, 11) is 1.68. The molecule has 3 aromatic rings. The number of benzene rings is 1. The minimum atomic E-state index is -0.313. The van der Waals surface area contributed by atoms with Gasteiger partial charge >= 0.3 is 0 Å². The van der Waals surface area contributed by atoms with Gasteiger partial charge in [-0.05, 0) is 26.0 Å². The molecule has 1 aromatic carbocycles. The molecule has 0 bridgehead atoms. The average molecular weight is 408 g/mol. The first kappa shape index (κ1) is 19.4. The number of para-hydroxylation sites is 1. The van der Waals surface area contributed by atoms with Crippen LogP contribution in [0.4, 0.5) is 0 Å². The van der Waals surface area contributed by atoms with Gasteiger partial charge in [0.1, 0.15) is 17.3 Å². The van der Waals surface area contributed by atoms with Crippen molar-refractivity contribution in [1.29, 1.82) is 0 Å². The maximum absolute atomic E-state index is 12.8. The first-order chi connectivity index (χ1) is 12.8. The van der Waals surface area contributed by atoms with E-state index >= 15 is 0 Å². The zero-order chi connectivity index (χ0) is 19.7. The van der Waals surface area contributed by atoms with E-state index in [-0.39, 0.29) is 11.7 Å². The number of hydrogen-bond donors (Lipinski definition) is 0. The van der Waals surface area contributed by atoms with E-state index in [1.807, 2.05) is 20.8 Å². The second kappa shape index (κ2) is 7.70. The van der Waals surface area contributed by atoms with Crippen molar-refractivity contribution in [2.75, 3.05) is 7.05 Å². The zero-order valence-corrected chi connectivity index (χ0v) is 17.0. The van der Waals surface area contributed by atoms with E-state index < -0.39 is 0 Å². The number of nitrogens with zero attached hydrogens (tertiary/aromatic N) is 5. The Balaban J connectivity index is 1.94. The molecule has 142 valence electrons. The number of rotatable bonds is 5. The van der Waals surface area contributed by atoms with Crippen LogP contribution >= 0.6 is 23.2 Å². The summed E-state index contributed by atoms with van der Waals surface area (Å²) >= 11 is 12.6. The summed E-state index contributed by atoms with van der Waals surface area (Å²) in [6.45, 7) is 5.93. The second-order valence-electron chi connectivity index (χ2n) is 6.15. The van der Waals surface area contributed by atoms with Gasteiger partial charge in [-0.1, -0.05) is 41.3 Å². The molecule has 0 aliphatic rings. The highest BCUT2D eigenvalue weighted by Gasteiger charge is 2.23. The predicted octanol–water partition coefficient (Wildman–Crippen LogP) is 4.01. The Morgan fingerprint density at radius 2 is 1.93 bits per heavy atom. The summed E-state index contributed by atoms with van der Waals surface area (Å²) < 4.78 is 6.68. The van der Waals surface area contributed by atoms with Crippen LogP contribution in [0.25, 0.3) is 5.69 Å². The number of carbonyl (C=O) groups is 1. The SMILES string of the molecule is CCc1nc(C(=O)N(C)Cc2c(C)noc2C)nn1-c1c(Cl)cccc1Cl. The van der Waals surface area contributed by atoms with Crippen molar-refractivity contribution in [3.63, 3.8) is 0 Å². The lowest BCUT2D eigenvalue weighted by Gasteiger charge is -2.14. The number of carbonyl (C=O) groups excluding carboxylic acids is 1. The Morgan fingerprint density at radius 1 is 1.26 bits per heavy atom. The van der Waals surface area contributed by atoms with Crippen LogP contribution < -0.4 is 0 Å². The van der Waals surface area contributed by atoms with Gasteiger partial charge in [0.25, 0.3) is 5.91 Å². The molecular weight excluding hydrogens is 389 g/mol. The normalized spacial score (nSPS) is 11.0. The third-order valence-electron chi connectivity index (χ3n) is 4.25. The molecule has 27 heavy (non-hydrogen) atoms. The molecule has 0 saturated heterocycles. The minimum Gasteiger partial charge on any atom is -0.361 e. The van der Waals surface area contributed by atoms with Gasteiger partial charge in [0.15, 0.2) is 0 Å². The van der Waals surface area contributed by atoms with Crippen LogP contribution in [0.2, 0.25) is 10.0 Å². The predicted molar refractivity (Wildman–Crippen MR) is 103 cm³/mol. The van der Waals surface area contributed by atoms with Crippen molar-refractivity contribution in [3.8, 4) is 5.69 Å². The van der Waals surface area contributed by atoms with E-state index in [4.69, 9.17) is 27.7 Å². The highest BCUT2D eigenvalue weighted by molar-refractivity contribution is 6.37. The Morgan fingerprint density at radius 3 is 2.48 bits per heavy atom. The van der Waals surface area contributed by atoms with E-state index in [0.29, 0.717) is 40.3 Å². The van der Waals surface area contributed by atoms with E-state index in [1.165, 1.54) is 9.58 Å². The summed E-state index contributed by atoms with van der Waals surface area (Å²) in [5, 5.41) is 9.16. The molecule has 0 atom stereocenters. The topological polar surface area (TPSA) is 77.1 Å². The Hall–Kier alpha value is -2.38. The number of aryl methyl sites for hydroxylation is 3. The highest BCUT2D eigenvalue weighted by Crippen LogP contribution is 2.29. The molecular formula is C18H19Cl2N5O2. The highest BCUT2D eigenvalue weighted by atomic mass is 35.5. The summed E-state index contributed by atoms with van der Waals surface area (Å²) in [4.78, 5) is 18.8. The van der Waals surface area contributed by atoms with Crippen molar-refractivity contribution in [2.45, 2.75) is 33.7 Å². The molecule has 0 saturated carbocycles. The lowest BCUT2D eigenvalue weighted by atomic mass is 10.2. The van der Waals surface area contributed by atoms with Gasteiger partial charge in [0.05, 0.1) is 22.3 Å². The van der Waals surface area contributed by atoms with Gasteiger partial charge in [0, 0.05) is 19.0 Å². The lowest BCUT2D eigenvalue weighted by Crippen LogP contribution is -2.27. The number of aromatic nitrogens is 4. The average Bonchev–Trinajstić information content (AvgIpc) is 3.19. The molecule has 0 aliphatic heterocycles. The smallest absolute Gasteiger partial charge is 0.293 e. The van der Waals surface area contributed by atoms with E-state index in [9.17, 15) is 4.79 Å². The molecule has 2 heterocycles. The zero-order valence-electron chi connectivity index (χ0n) is 15.5. The van der Waals surface area contributed by atoms with Gasteiger partial charge in [0.2, 0.25) is 5.82 Å². The summed E-state index contributed by atoms with van der Waals surface area (Å²) in [6, 6.07) is 5.18. The molecule has 0 spiro atoms. The second-order valence-corrected chi connectivity index (χ2v) is 6.97. The Kier molecular flexibility index (Phi) is 5.53. The van der Waals surface area contributed by atoms with Crippen LogP contribution in [0.5, 0.6) is 0 Å². The van der Waals surface area contributed by atoms with E-state index in [0.717, 1.165) is 11.3 Å². The fourth-order valence-corrected chi connectivity index (χ4v) is 3.30. The number of amides is 1. The van der Waals surface area contributed by atoms with E-state index in [1.54, 1.807) is 25.2 Å². The van der Waals surface area contributed by atoms with Crippen molar-refractivity contribution in [2.24, 2.45) is 0 Å². The number of hydrogen-bond acceptors (Lipinski definition) is 5. The van der Waals surface area contributed by atoms with Crippen LogP contribution in [-0.2, 0) is 13.0 Å². The van der Waals surface area contributed by atoms with Gasteiger partial charge in [-0.25, -0.2) is 9.67 Å². The molecule has 9 heteroatoms. The molecule has 0 N–H and O–H groups in total. The fraction of sp³-hybridized carbons (Fsp3) is 0.333. The monoisotopic (exact) mass is 407 g/mol. The number of halogens is 2. The van der Waals surface area contributed by atoms with Crippen LogP contribution in [0.15, 0.2) is 22.7 Å². The Bertz CT molecular complexity index is 956. The lowest BCUT2D eigenvalue weighted by molar-refractivity contribution is 0.0772.